The summed E-state index contributed by atoms with van der Waals surface area (Å²) in [6.45, 7) is 3.13. The van der Waals surface area contributed by atoms with Crippen LogP contribution in [0.25, 0.3) is 11.1 Å². The summed E-state index contributed by atoms with van der Waals surface area (Å²) in [4.78, 5) is 26.5. The third kappa shape index (κ3) is 5.65. The van der Waals surface area contributed by atoms with E-state index >= 15 is 0 Å². The molecule has 4 aromatic rings. The molecule has 10 nitrogen and oxygen atoms in total. The number of ether oxygens (including phenoxy) is 4. The standard InChI is InChI=1S/C33H32ClN3O7/c1-19-26(34)7-5-9-28(19)43-10-11-44-33(40)37-17-21-12-24(21)31-23(6-4-8-27(31)37)22-15-35-36(16-22)18-25-29(41-2)13-20(32(38)39)14-30(25)42-3/h4-9,13-16,21,24H,10-12,17-18H2,1-3H3,(H,38,39)/t21-,24?/m0/s1. The number of methoxy groups -OCH3 is 2. The third-order valence-electron chi connectivity index (χ3n) is 8.21. The molecule has 2 aliphatic rings. The number of carbonyl (C=O) groups is 2. The number of benzene rings is 3. The Labute approximate surface area is 259 Å². The van der Waals surface area contributed by atoms with Crippen LogP contribution in [0, 0.1) is 12.8 Å². The lowest BCUT2D eigenvalue weighted by Crippen LogP contribution is -2.37. The van der Waals surface area contributed by atoms with Gasteiger partial charge in [0.1, 0.15) is 30.5 Å². The second kappa shape index (κ2) is 12.1. The molecule has 11 heteroatoms. The fraction of sp³-hybridized carbons (Fsp3) is 0.303. The molecule has 1 aliphatic heterocycles. The maximum atomic E-state index is 13.2. The molecule has 228 valence electrons. The maximum absolute atomic E-state index is 13.2. The van der Waals surface area contributed by atoms with E-state index in [4.69, 9.17) is 30.5 Å². The summed E-state index contributed by atoms with van der Waals surface area (Å²) in [6.07, 6.45) is 4.33. The summed E-state index contributed by atoms with van der Waals surface area (Å²) in [5.74, 6) is 1.14. The van der Waals surface area contributed by atoms with Crippen molar-refractivity contribution in [2.75, 3.05) is 38.9 Å². The number of carboxylic acid groups (broad SMARTS) is 1. The number of rotatable bonds is 10. The van der Waals surface area contributed by atoms with E-state index in [0.717, 1.165) is 34.4 Å². The van der Waals surface area contributed by atoms with Gasteiger partial charge in [0.05, 0.1) is 43.8 Å². The second-order valence-corrected chi connectivity index (χ2v) is 11.3. The van der Waals surface area contributed by atoms with Crippen molar-refractivity contribution >= 4 is 29.4 Å². The lowest BCUT2D eigenvalue weighted by atomic mass is 9.93. The summed E-state index contributed by atoms with van der Waals surface area (Å²) in [7, 11) is 2.98. The van der Waals surface area contributed by atoms with Gasteiger partial charge >= 0.3 is 12.1 Å². The van der Waals surface area contributed by atoms with Gasteiger partial charge in [-0.2, -0.15) is 5.10 Å². The summed E-state index contributed by atoms with van der Waals surface area (Å²) in [5, 5.41) is 14.7. The van der Waals surface area contributed by atoms with Crippen molar-refractivity contribution in [3.8, 4) is 28.4 Å². The molecule has 2 atom stereocenters. The smallest absolute Gasteiger partial charge is 0.414 e. The minimum atomic E-state index is -1.07. The normalized spacial score (nSPS) is 16.5. The van der Waals surface area contributed by atoms with E-state index in [1.54, 1.807) is 21.8 Å². The highest BCUT2D eigenvalue weighted by Gasteiger charge is 2.48. The first-order valence-corrected chi connectivity index (χ1v) is 14.6. The Hall–Kier alpha value is -4.70. The van der Waals surface area contributed by atoms with Crippen LogP contribution in [0.15, 0.2) is 60.9 Å². The van der Waals surface area contributed by atoms with Crippen LogP contribution >= 0.6 is 11.6 Å². The second-order valence-electron chi connectivity index (χ2n) is 10.9. The van der Waals surface area contributed by atoms with E-state index in [0.29, 0.717) is 52.8 Å². The fourth-order valence-electron chi connectivity index (χ4n) is 5.86. The fourth-order valence-corrected chi connectivity index (χ4v) is 6.02. The molecule has 1 saturated carbocycles. The Morgan fingerprint density at radius 3 is 2.52 bits per heavy atom. The highest BCUT2D eigenvalue weighted by molar-refractivity contribution is 6.31. The molecule has 1 unspecified atom stereocenters. The van der Waals surface area contributed by atoms with Gasteiger partial charge < -0.3 is 24.1 Å². The molecular weight excluding hydrogens is 586 g/mol. The minimum Gasteiger partial charge on any atom is -0.496 e. The number of carboxylic acids is 1. The first-order valence-electron chi connectivity index (χ1n) is 14.2. The minimum absolute atomic E-state index is 0.0744. The molecule has 6 rings (SSSR count). The molecule has 3 aromatic carbocycles. The number of halogens is 1. The highest BCUT2D eigenvalue weighted by atomic mass is 35.5. The number of hydrogen-bond donors (Lipinski definition) is 1. The first-order chi connectivity index (χ1) is 21.3. The number of aromatic carboxylic acids is 1. The van der Waals surface area contributed by atoms with E-state index in [-0.39, 0.29) is 18.8 Å². The van der Waals surface area contributed by atoms with E-state index < -0.39 is 12.1 Å². The van der Waals surface area contributed by atoms with Gasteiger partial charge in [-0.05, 0) is 66.6 Å². The molecule has 0 bridgehead atoms. The van der Waals surface area contributed by atoms with Crippen LogP contribution in [0.3, 0.4) is 0 Å². The van der Waals surface area contributed by atoms with Crippen molar-refractivity contribution in [1.82, 2.24) is 9.78 Å². The van der Waals surface area contributed by atoms with E-state index in [1.807, 2.05) is 43.5 Å². The van der Waals surface area contributed by atoms with Crippen molar-refractivity contribution in [1.29, 1.82) is 0 Å². The van der Waals surface area contributed by atoms with Crippen molar-refractivity contribution in [2.24, 2.45) is 5.92 Å². The van der Waals surface area contributed by atoms with Gasteiger partial charge in [0.2, 0.25) is 0 Å². The van der Waals surface area contributed by atoms with Crippen LogP contribution < -0.4 is 19.1 Å². The summed E-state index contributed by atoms with van der Waals surface area (Å²) >= 11 is 6.17. The van der Waals surface area contributed by atoms with Crippen LogP contribution in [0.2, 0.25) is 5.02 Å². The zero-order valence-electron chi connectivity index (χ0n) is 24.6. The number of carbonyl (C=O) groups excluding carboxylic acids is 1. The predicted octanol–water partition coefficient (Wildman–Crippen LogP) is 6.41. The van der Waals surface area contributed by atoms with Crippen molar-refractivity contribution in [3.05, 3.63) is 88.2 Å². The molecule has 0 spiro atoms. The van der Waals surface area contributed by atoms with Crippen LogP contribution in [0.5, 0.6) is 17.2 Å². The van der Waals surface area contributed by atoms with Gasteiger partial charge in [0.25, 0.3) is 0 Å². The van der Waals surface area contributed by atoms with Gasteiger partial charge in [0.15, 0.2) is 0 Å². The summed E-state index contributed by atoms with van der Waals surface area (Å²) in [5.41, 5.74) is 5.48. The Kier molecular flexibility index (Phi) is 8.09. The number of amides is 1. The van der Waals surface area contributed by atoms with Crippen LogP contribution in [0.1, 0.15) is 39.4 Å². The monoisotopic (exact) mass is 617 g/mol. The highest BCUT2D eigenvalue weighted by Crippen LogP contribution is 2.57. The van der Waals surface area contributed by atoms with Gasteiger partial charge in [-0.3, -0.25) is 9.58 Å². The Balaban J connectivity index is 1.19. The summed E-state index contributed by atoms with van der Waals surface area (Å²) < 4.78 is 24.2. The molecule has 1 aromatic heterocycles. The van der Waals surface area contributed by atoms with Crippen molar-refractivity contribution < 1.29 is 33.6 Å². The first kappa shape index (κ1) is 29.4. The van der Waals surface area contributed by atoms with Gasteiger partial charge in [-0.1, -0.05) is 29.8 Å². The molecule has 1 fully saturated rings. The van der Waals surface area contributed by atoms with Crippen molar-refractivity contribution in [3.63, 3.8) is 0 Å². The number of fused-ring (bicyclic) bond motifs is 3. The molecule has 44 heavy (non-hydrogen) atoms. The SMILES string of the molecule is COc1cc(C(=O)O)cc(OC)c1Cn1cc(-c2cccc3c2C2C[C@H]2CN3C(=O)OCCOc2cccc(Cl)c2C)cn1. The third-order valence-corrected chi connectivity index (χ3v) is 8.62. The van der Waals surface area contributed by atoms with E-state index in [9.17, 15) is 14.7 Å². The van der Waals surface area contributed by atoms with Crippen LogP contribution in [0.4, 0.5) is 10.5 Å². The predicted molar refractivity (Wildman–Crippen MR) is 164 cm³/mol. The molecule has 1 amide bonds. The lowest BCUT2D eigenvalue weighted by molar-refractivity contribution is 0.0696. The number of nitrogens with zero attached hydrogens (tertiary/aromatic N) is 3. The number of hydrogen-bond acceptors (Lipinski definition) is 7. The average molecular weight is 618 g/mol. The maximum Gasteiger partial charge on any atom is 0.414 e. The molecule has 2 heterocycles. The zero-order chi connectivity index (χ0) is 31.0. The lowest BCUT2D eigenvalue weighted by Gasteiger charge is -2.29. The van der Waals surface area contributed by atoms with E-state index in [2.05, 4.69) is 5.10 Å². The Morgan fingerprint density at radius 2 is 1.80 bits per heavy atom. The average Bonchev–Trinajstić information content (AvgIpc) is 3.68. The van der Waals surface area contributed by atoms with Gasteiger partial charge in [-0.25, -0.2) is 9.59 Å². The molecule has 1 N–H and O–H groups in total. The summed E-state index contributed by atoms with van der Waals surface area (Å²) in [6, 6.07) is 14.4. The molecule has 0 saturated heterocycles. The van der Waals surface area contributed by atoms with Crippen LogP contribution in [-0.2, 0) is 11.3 Å². The molecule has 0 radical (unpaired) electrons. The van der Waals surface area contributed by atoms with Gasteiger partial charge in [-0.15, -0.1) is 0 Å². The molecular formula is C33H32ClN3O7. The quantitative estimate of drug-likeness (QED) is 0.203. The van der Waals surface area contributed by atoms with E-state index in [1.165, 1.54) is 26.4 Å². The Morgan fingerprint density at radius 1 is 1.05 bits per heavy atom. The van der Waals surface area contributed by atoms with Crippen LogP contribution in [-0.4, -0.2) is 60.9 Å². The topological polar surface area (TPSA) is 112 Å². The van der Waals surface area contributed by atoms with Gasteiger partial charge in [0, 0.05) is 28.9 Å². The van der Waals surface area contributed by atoms with Crippen molar-refractivity contribution in [2.45, 2.75) is 25.8 Å². The number of aromatic nitrogens is 2. The zero-order valence-corrected chi connectivity index (χ0v) is 25.3. The largest absolute Gasteiger partial charge is 0.496 e. The number of anilines is 1. The Bertz CT molecular complexity index is 1710. The molecule has 1 aliphatic carbocycles.